The van der Waals surface area contributed by atoms with Crippen LogP contribution in [-0.2, 0) is 17.9 Å². The van der Waals surface area contributed by atoms with Gasteiger partial charge in [0.25, 0.3) is 0 Å². The summed E-state index contributed by atoms with van der Waals surface area (Å²) < 4.78 is 31.5. The number of amides is 1. The molecule has 0 saturated heterocycles. The molecule has 0 aliphatic carbocycles. The van der Waals surface area contributed by atoms with Gasteiger partial charge in [-0.3, -0.25) is 0 Å². The van der Waals surface area contributed by atoms with Crippen LogP contribution >= 0.6 is 15.9 Å². The van der Waals surface area contributed by atoms with E-state index in [1.807, 2.05) is 30.3 Å². The summed E-state index contributed by atoms with van der Waals surface area (Å²) in [5, 5.41) is 2.48. The Kier molecular flexibility index (Phi) is 5.27. The van der Waals surface area contributed by atoms with Gasteiger partial charge >= 0.3 is 6.09 Å². The summed E-state index contributed by atoms with van der Waals surface area (Å²) >= 11 is 3.11. The fourth-order valence-corrected chi connectivity index (χ4v) is 2.10. The molecule has 0 fully saturated rings. The van der Waals surface area contributed by atoms with Gasteiger partial charge in [0.2, 0.25) is 0 Å². The SMILES string of the molecule is O=C(NCc1cc(F)c(F)cc1Br)OCc1ccccc1. The predicted octanol–water partition coefficient (Wildman–Crippen LogP) is 4.15. The average Bonchev–Trinajstić information content (AvgIpc) is 2.48. The number of nitrogens with one attached hydrogen (secondary N) is 1. The van der Waals surface area contributed by atoms with E-state index in [2.05, 4.69) is 21.2 Å². The van der Waals surface area contributed by atoms with Gasteiger partial charge in [-0.25, -0.2) is 13.6 Å². The Labute approximate surface area is 129 Å². The molecule has 0 atom stereocenters. The molecule has 0 bridgehead atoms. The minimum atomic E-state index is -0.965. The van der Waals surface area contributed by atoms with E-state index < -0.39 is 17.7 Å². The molecule has 0 heterocycles. The monoisotopic (exact) mass is 355 g/mol. The number of hydrogen-bond acceptors (Lipinski definition) is 2. The van der Waals surface area contributed by atoms with E-state index in [9.17, 15) is 13.6 Å². The normalized spacial score (nSPS) is 10.2. The highest BCUT2D eigenvalue weighted by Gasteiger charge is 2.09. The zero-order valence-corrected chi connectivity index (χ0v) is 12.5. The summed E-state index contributed by atoms with van der Waals surface area (Å²) in [5.41, 5.74) is 1.28. The molecule has 0 aliphatic heterocycles. The minimum absolute atomic E-state index is 0.0331. The molecule has 110 valence electrons. The molecular formula is C15H12BrF2NO2. The second kappa shape index (κ2) is 7.17. The number of rotatable bonds is 4. The molecule has 0 aromatic heterocycles. The maximum Gasteiger partial charge on any atom is 0.407 e. The standard InChI is InChI=1S/C15H12BrF2NO2/c16-12-7-14(18)13(17)6-11(12)8-19-15(20)21-9-10-4-2-1-3-5-10/h1-7H,8-9H2,(H,19,20). The number of carbonyl (C=O) groups is 1. The molecule has 0 unspecified atom stereocenters. The van der Waals surface area contributed by atoms with E-state index in [0.717, 1.165) is 17.7 Å². The van der Waals surface area contributed by atoms with Gasteiger partial charge in [0.1, 0.15) is 6.61 Å². The van der Waals surface area contributed by atoms with Crippen LogP contribution in [0.25, 0.3) is 0 Å². The van der Waals surface area contributed by atoms with E-state index in [1.54, 1.807) is 0 Å². The third-order valence-corrected chi connectivity index (χ3v) is 3.46. The summed E-state index contributed by atoms with van der Waals surface area (Å²) in [6, 6.07) is 11.3. The maximum absolute atomic E-state index is 13.1. The molecule has 21 heavy (non-hydrogen) atoms. The van der Waals surface area contributed by atoms with Crippen LogP contribution in [-0.4, -0.2) is 6.09 Å². The van der Waals surface area contributed by atoms with Gasteiger partial charge in [0, 0.05) is 11.0 Å². The van der Waals surface area contributed by atoms with Crippen LogP contribution in [0.3, 0.4) is 0 Å². The van der Waals surface area contributed by atoms with E-state index in [1.165, 1.54) is 0 Å². The number of ether oxygens (including phenoxy) is 1. The van der Waals surface area contributed by atoms with Crippen molar-refractivity contribution in [1.82, 2.24) is 5.32 Å². The Hall–Kier alpha value is -1.95. The quantitative estimate of drug-likeness (QED) is 0.836. The van der Waals surface area contributed by atoms with Crippen LogP contribution in [0, 0.1) is 11.6 Å². The van der Waals surface area contributed by atoms with E-state index in [4.69, 9.17) is 4.74 Å². The Morgan fingerprint density at radius 3 is 2.52 bits per heavy atom. The molecule has 2 aromatic rings. The van der Waals surface area contributed by atoms with Crippen molar-refractivity contribution in [1.29, 1.82) is 0 Å². The summed E-state index contributed by atoms with van der Waals surface area (Å²) in [6.07, 6.45) is -0.629. The molecule has 0 radical (unpaired) electrons. The highest BCUT2D eigenvalue weighted by atomic mass is 79.9. The molecule has 0 saturated carbocycles. The van der Waals surface area contributed by atoms with Gasteiger partial charge in [-0.2, -0.15) is 0 Å². The molecule has 2 rings (SSSR count). The lowest BCUT2D eigenvalue weighted by Gasteiger charge is -2.09. The molecule has 1 N–H and O–H groups in total. The van der Waals surface area contributed by atoms with Crippen molar-refractivity contribution in [2.24, 2.45) is 0 Å². The van der Waals surface area contributed by atoms with Gasteiger partial charge in [0.15, 0.2) is 11.6 Å². The number of halogens is 3. The van der Waals surface area contributed by atoms with Crippen molar-refractivity contribution in [3.63, 3.8) is 0 Å². The zero-order valence-electron chi connectivity index (χ0n) is 10.9. The first kappa shape index (κ1) is 15.4. The molecule has 2 aromatic carbocycles. The predicted molar refractivity (Wildman–Crippen MR) is 77.5 cm³/mol. The van der Waals surface area contributed by atoms with Crippen LogP contribution in [0.4, 0.5) is 13.6 Å². The molecule has 0 spiro atoms. The number of hydrogen-bond donors (Lipinski definition) is 1. The van der Waals surface area contributed by atoms with Crippen LogP contribution in [0.5, 0.6) is 0 Å². The first-order valence-electron chi connectivity index (χ1n) is 6.14. The molecule has 0 aliphatic rings. The second-order valence-electron chi connectivity index (χ2n) is 4.27. The van der Waals surface area contributed by atoms with Crippen molar-refractivity contribution in [2.45, 2.75) is 13.2 Å². The molecule has 6 heteroatoms. The van der Waals surface area contributed by atoms with Gasteiger partial charge in [-0.15, -0.1) is 0 Å². The van der Waals surface area contributed by atoms with Crippen molar-refractivity contribution in [2.75, 3.05) is 0 Å². The molecular weight excluding hydrogens is 344 g/mol. The smallest absolute Gasteiger partial charge is 0.407 e. The summed E-state index contributed by atoms with van der Waals surface area (Å²) in [6.45, 7) is 0.178. The fraction of sp³-hybridized carbons (Fsp3) is 0.133. The van der Waals surface area contributed by atoms with E-state index in [0.29, 0.717) is 10.0 Å². The Morgan fingerprint density at radius 2 is 1.81 bits per heavy atom. The average molecular weight is 356 g/mol. The highest BCUT2D eigenvalue weighted by Crippen LogP contribution is 2.20. The van der Waals surface area contributed by atoms with Crippen LogP contribution < -0.4 is 5.32 Å². The molecule has 3 nitrogen and oxygen atoms in total. The van der Waals surface area contributed by atoms with Crippen LogP contribution in [0.15, 0.2) is 46.9 Å². The van der Waals surface area contributed by atoms with Crippen LogP contribution in [0.1, 0.15) is 11.1 Å². The first-order chi connectivity index (χ1) is 10.1. The van der Waals surface area contributed by atoms with E-state index >= 15 is 0 Å². The van der Waals surface area contributed by atoms with Crippen molar-refractivity contribution < 1.29 is 18.3 Å². The maximum atomic E-state index is 13.1. The third kappa shape index (κ3) is 4.53. The first-order valence-corrected chi connectivity index (χ1v) is 6.93. The van der Waals surface area contributed by atoms with Gasteiger partial charge < -0.3 is 10.1 Å². The number of alkyl carbamates (subject to hydrolysis) is 1. The largest absolute Gasteiger partial charge is 0.445 e. The lowest BCUT2D eigenvalue weighted by molar-refractivity contribution is 0.139. The Morgan fingerprint density at radius 1 is 1.14 bits per heavy atom. The Bertz CT molecular complexity index is 635. The fourth-order valence-electron chi connectivity index (χ4n) is 1.64. The zero-order chi connectivity index (χ0) is 15.2. The Balaban J connectivity index is 1.85. The van der Waals surface area contributed by atoms with E-state index in [-0.39, 0.29) is 13.2 Å². The van der Waals surface area contributed by atoms with Gasteiger partial charge in [-0.05, 0) is 23.3 Å². The topological polar surface area (TPSA) is 38.3 Å². The van der Waals surface area contributed by atoms with Gasteiger partial charge in [0.05, 0.1) is 0 Å². The minimum Gasteiger partial charge on any atom is -0.445 e. The second-order valence-corrected chi connectivity index (χ2v) is 5.13. The number of benzene rings is 2. The van der Waals surface area contributed by atoms with Crippen LogP contribution in [0.2, 0.25) is 0 Å². The van der Waals surface area contributed by atoms with Crippen molar-refractivity contribution >= 4 is 22.0 Å². The van der Waals surface area contributed by atoms with Gasteiger partial charge in [-0.1, -0.05) is 46.3 Å². The summed E-state index contributed by atoms with van der Waals surface area (Å²) in [4.78, 5) is 11.5. The molecule has 1 amide bonds. The lowest BCUT2D eigenvalue weighted by Crippen LogP contribution is -2.24. The van der Waals surface area contributed by atoms with Crippen molar-refractivity contribution in [3.8, 4) is 0 Å². The number of carbonyl (C=O) groups excluding carboxylic acids is 1. The third-order valence-electron chi connectivity index (χ3n) is 2.73. The summed E-state index contributed by atoms with van der Waals surface area (Å²) in [7, 11) is 0. The lowest BCUT2D eigenvalue weighted by atomic mass is 10.2. The van der Waals surface area contributed by atoms with Crippen molar-refractivity contribution in [3.05, 3.63) is 69.7 Å². The summed E-state index contributed by atoms with van der Waals surface area (Å²) in [5.74, 6) is -1.91. The highest BCUT2D eigenvalue weighted by molar-refractivity contribution is 9.10.